The van der Waals surface area contributed by atoms with Crippen molar-refractivity contribution in [3.05, 3.63) is 6.92 Å². The van der Waals surface area contributed by atoms with Crippen molar-refractivity contribution in [1.82, 2.24) is 0 Å². The molecular formula is C13H22O3. The van der Waals surface area contributed by atoms with Crippen LogP contribution < -0.4 is 0 Å². The van der Waals surface area contributed by atoms with Crippen molar-refractivity contribution < 1.29 is 14.7 Å². The lowest BCUT2D eigenvalue weighted by molar-refractivity contribution is -0.122. The zero-order chi connectivity index (χ0) is 12.2. The van der Waals surface area contributed by atoms with Crippen molar-refractivity contribution in [1.29, 1.82) is 0 Å². The predicted octanol–water partition coefficient (Wildman–Crippen LogP) is 2.34. The number of carbonyl (C=O) groups is 2. The summed E-state index contributed by atoms with van der Waals surface area (Å²) in [5.74, 6) is 0.129. The Bertz CT molecular complexity index is 199. The third kappa shape index (κ3) is 9.84. The van der Waals surface area contributed by atoms with Crippen LogP contribution in [-0.4, -0.2) is 23.3 Å². The van der Waals surface area contributed by atoms with Crippen molar-refractivity contribution >= 4 is 11.6 Å². The highest BCUT2D eigenvalue weighted by atomic mass is 16.3. The number of hydrogen-bond donors (Lipinski definition) is 1. The molecule has 0 rings (SSSR count). The van der Waals surface area contributed by atoms with Crippen LogP contribution in [0.5, 0.6) is 0 Å². The van der Waals surface area contributed by atoms with Gasteiger partial charge in [-0.3, -0.25) is 9.59 Å². The minimum atomic E-state index is -0.382. The molecule has 0 aliphatic heterocycles. The van der Waals surface area contributed by atoms with E-state index < -0.39 is 0 Å². The summed E-state index contributed by atoms with van der Waals surface area (Å²) in [5, 5.41) is 8.48. The molecule has 0 saturated carbocycles. The molecule has 0 saturated heterocycles. The summed E-state index contributed by atoms with van der Waals surface area (Å²) >= 11 is 0. The molecule has 3 heteroatoms. The molecule has 1 N–H and O–H groups in total. The fourth-order valence-electron chi connectivity index (χ4n) is 1.49. The molecule has 0 aliphatic rings. The van der Waals surface area contributed by atoms with E-state index in [0.717, 1.165) is 25.7 Å². The molecule has 0 fully saturated rings. The van der Waals surface area contributed by atoms with Gasteiger partial charge in [0, 0.05) is 19.3 Å². The molecule has 16 heavy (non-hydrogen) atoms. The van der Waals surface area contributed by atoms with E-state index in [1.54, 1.807) is 0 Å². The summed E-state index contributed by atoms with van der Waals surface area (Å²) in [6, 6.07) is 0. The maximum absolute atomic E-state index is 11.4. The number of unbranched alkanes of at least 4 members (excludes halogenated alkanes) is 4. The number of rotatable bonds is 11. The molecular weight excluding hydrogens is 204 g/mol. The molecule has 0 amide bonds. The predicted molar refractivity (Wildman–Crippen MR) is 63.0 cm³/mol. The Kier molecular flexibility index (Phi) is 10.3. The summed E-state index contributed by atoms with van der Waals surface area (Å²) in [7, 11) is 0. The van der Waals surface area contributed by atoms with Gasteiger partial charge in [0.1, 0.15) is 12.4 Å². The van der Waals surface area contributed by atoms with Crippen LogP contribution in [-0.2, 0) is 9.59 Å². The van der Waals surface area contributed by atoms with Crippen LogP contribution >= 0.6 is 0 Å². The molecule has 0 unspecified atom stereocenters. The summed E-state index contributed by atoms with van der Waals surface area (Å²) in [5.41, 5.74) is 0. The van der Waals surface area contributed by atoms with Gasteiger partial charge in [0.2, 0.25) is 0 Å². The highest BCUT2D eigenvalue weighted by Crippen LogP contribution is 2.07. The number of hydrogen-bond acceptors (Lipinski definition) is 3. The monoisotopic (exact) mass is 226 g/mol. The van der Waals surface area contributed by atoms with Gasteiger partial charge in [-0.15, -0.1) is 0 Å². The topological polar surface area (TPSA) is 54.4 Å². The van der Waals surface area contributed by atoms with Crippen LogP contribution in [0.3, 0.4) is 0 Å². The van der Waals surface area contributed by atoms with Crippen LogP contribution in [0.15, 0.2) is 0 Å². The minimum absolute atomic E-state index is 0.143. The van der Waals surface area contributed by atoms with Gasteiger partial charge in [0.25, 0.3) is 0 Å². The summed E-state index contributed by atoms with van der Waals surface area (Å²) in [6.45, 7) is 4.97. The van der Waals surface area contributed by atoms with E-state index >= 15 is 0 Å². The van der Waals surface area contributed by atoms with E-state index in [0.29, 0.717) is 32.1 Å². The molecule has 0 bridgehead atoms. The summed E-state index contributed by atoms with van der Waals surface area (Å²) in [6.07, 6.45) is 6.65. The van der Waals surface area contributed by atoms with Crippen molar-refractivity contribution in [2.75, 3.05) is 6.61 Å². The summed E-state index contributed by atoms with van der Waals surface area (Å²) in [4.78, 5) is 22.1. The Morgan fingerprint density at radius 3 is 1.81 bits per heavy atom. The maximum Gasteiger partial charge on any atom is 0.158 e. The molecule has 0 aromatic rings. The number of carbonyl (C=O) groups excluding carboxylic acids is 2. The fourth-order valence-corrected chi connectivity index (χ4v) is 1.49. The second-order valence-corrected chi connectivity index (χ2v) is 4.04. The Hall–Kier alpha value is -0.700. The molecule has 2 radical (unpaired) electrons. The first-order chi connectivity index (χ1) is 7.70. The van der Waals surface area contributed by atoms with Crippen molar-refractivity contribution in [3.8, 4) is 0 Å². The number of aliphatic hydroxyl groups is 1. The van der Waals surface area contributed by atoms with Gasteiger partial charge < -0.3 is 5.11 Å². The Labute approximate surface area is 98.2 Å². The molecule has 0 aromatic carbocycles. The normalized spacial score (nSPS) is 10.4. The number of ketones is 2. The molecule has 92 valence electrons. The molecule has 0 atom stereocenters. The largest absolute Gasteiger partial charge is 0.389 e. The average molecular weight is 226 g/mol. The average Bonchev–Trinajstić information content (AvgIpc) is 2.30. The summed E-state index contributed by atoms with van der Waals surface area (Å²) < 4.78 is 0. The smallest absolute Gasteiger partial charge is 0.158 e. The highest BCUT2D eigenvalue weighted by molar-refractivity contribution is 5.80. The van der Waals surface area contributed by atoms with E-state index in [1.165, 1.54) is 0 Å². The van der Waals surface area contributed by atoms with E-state index in [-0.39, 0.29) is 18.2 Å². The third-order valence-corrected chi connectivity index (χ3v) is 2.50. The van der Waals surface area contributed by atoms with Gasteiger partial charge in [0.05, 0.1) is 0 Å². The second kappa shape index (κ2) is 10.8. The Morgan fingerprint density at radius 2 is 1.31 bits per heavy atom. The lowest BCUT2D eigenvalue weighted by atomic mass is 10.0. The Balaban J connectivity index is 3.27. The van der Waals surface area contributed by atoms with Gasteiger partial charge >= 0.3 is 0 Å². The maximum atomic E-state index is 11.4. The van der Waals surface area contributed by atoms with Crippen molar-refractivity contribution in [3.63, 3.8) is 0 Å². The van der Waals surface area contributed by atoms with Crippen LogP contribution in [0, 0.1) is 6.92 Å². The Morgan fingerprint density at radius 1 is 0.812 bits per heavy atom. The second-order valence-electron chi connectivity index (χ2n) is 4.04. The first-order valence-electron chi connectivity index (χ1n) is 6.05. The lowest BCUT2D eigenvalue weighted by Crippen LogP contribution is -2.04. The van der Waals surface area contributed by atoms with E-state index in [2.05, 4.69) is 0 Å². The number of Topliss-reactive ketones (excluding diaryl/α,β-unsaturated/α-hetero) is 2. The molecule has 0 spiro atoms. The molecule has 3 nitrogen and oxygen atoms in total. The van der Waals surface area contributed by atoms with Crippen LogP contribution in [0.2, 0.25) is 0 Å². The van der Waals surface area contributed by atoms with E-state index in [4.69, 9.17) is 12.0 Å². The van der Waals surface area contributed by atoms with Crippen LogP contribution in [0.1, 0.15) is 57.8 Å². The van der Waals surface area contributed by atoms with Gasteiger partial charge in [-0.2, -0.15) is 0 Å². The molecule has 0 aromatic heterocycles. The van der Waals surface area contributed by atoms with Gasteiger partial charge in [-0.1, -0.05) is 12.8 Å². The van der Waals surface area contributed by atoms with E-state index in [1.807, 2.05) is 0 Å². The first kappa shape index (κ1) is 15.3. The van der Waals surface area contributed by atoms with Crippen molar-refractivity contribution in [2.24, 2.45) is 0 Å². The third-order valence-electron chi connectivity index (χ3n) is 2.50. The van der Waals surface area contributed by atoms with Crippen LogP contribution in [0.4, 0.5) is 0 Å². The number of aliphatic hydroxyl groups excluding tert-OH is 1. The van der Waals surface area contributed by atoms with Gasteiger partial charge in [-0.25, -0.2) is 0 Å². The highest BCUT2D eigenvalue weighted by Gasteiger charge is 2.03. The van der Waals surface area contributed by atoms with E-state index in [9.17, 15) is 9.59 Å². The van der Waals surface area contributed by atoms with Gasteiger partial charge in [-0.05, 0) is 32.6 Å². The minimum Gasteiger partial charge on any atom is -0.389 e. The zero-order valence-electron chi connectivity index (χ0n) is 9.91. The van der Waals surface area contributed by atoms with Crippen LogP contribution in [0.25, 0.3) is 0 Å². The quantitative estimate of drug-likeness (QED) is 0.550. The lowest BCUT2D eigenvalue weighted by Gasteiger charge is -2.00. The zero-order valence-corrected chi connectivity index (χ0v) is 9.91. The standard InChI is InChI=1S/C13H22O3/c1-2-3-4-5-8-12(15)9-6-7-10-13(16)11-14/h1,14H,2-11H2. The SMILES string of the molecule is [CH]CCCCCC(=O)CCCCC(=O)CO. The van der Waals surface area contributed by atoms with Gasteiger partial charge in [0.15, 0.2) is 5.78 Å². The molecule has 0 aliphatic carbocycles. The molecule has 0 heterocycles. The fraction of sp³-hybridized carbons (Fsp3) is 0.769. The van der Waals surface area contributed by atoms with Crippen molar-refractivity contribution in [2.45, 2.75) is 57.8 Å². The first-order valence-corrected chi connectivity index (χ1v) is 6.05.